The molecule has 180 valence electrons. The number of phosphoric acid groups is 1. The van der Waals surface area contributed by atoms with Crippen molar-refractivity contribution in [2.24, 2.45) is 0 Å². The van der Waals surface area contributed by atoms with Crippen LogP contribution in [0.15, 0.2) is 42.7 Å². The van der Waals surface area contributed by atoms with E-state index in [4.69, 9.17) is 40.6 Å². The number of anilines is 1. The van der Waals surface area contributed by atoms with Crippen molar-refractivity contribution in [1.82, 2.24) is 14.6 Å². The first kappa shape index (κ1) is 22.2. The molecule has 1 aliphatic carbocycles. The minimum atomic E-state index is -4.60. The standard InChI is InChI=1S/C21H22ClN4O7P/c1-19(2)30-16-15(12-8-9-13-17(23)24-10-25-26(12)13)29-20(3)18(21(16,20)33-19)32-34(27,28)31-14-7-5-4-6-11(14)22/h4-10,15-16,18H,1-3H3,(H,27,28)(H2,23,24,25)/t15-,16-,18?,20+,21+/m0/s1. The largest absolute Gasteiger partial charge is 0.527 e. The fourth-order valence-corrected chi connectivity index (χ4v) is 6.47. The molecule has 13 heteroatoms. The van der Waals surface area contributed by atoms with Gasteiger partial charge in [-0.2, -0.15) is 5.10 Å². The molecule has 3 N–H and O–H groups in total. The fourth-order valence-electron chi connectivity index (χ4n) is 5.16. The minimum Gasteiger partial charge on any atom is -0.403 e. The van der Waals surface area contributed by atoms with E-state index in [1.54, 1.807) is 49.6 Å². The Morgan fingerprint density at radius 1 is 1.21 bits per heavy atom. The Kier molecular flexibility index (Phi) is 4.52. The number of hydrogen-bond donors (Lipinski definition) is 2. The average Bonchev–Trinajstić information content (AvgIpc) is 3.15. The van der Waals surface area contributed by atoms with Crippen LogP contribution in [0.1, 0.15) is 32.6 Å². The smallest absolute Gasteiger partial charge is 0.403 e. The molecule has 0 bridgehead atoms. The van der Waals surface area contributed by atoms with Crippen LogP contribution in [0.25, 0.3) is 5.52 Å². The number of rotatable bonds is 5. The molecule has 1 spiro atoms. The summed E-state index contributed by atoms with van der Waals surface area (Å²) in [6.45, 7) is 5.29. The highest BCUT2D eigenvalue weighted by atomic mass is 35.5. The van der Waals surface area contributed by atoms with Gasteiger partial charge in [-0.25, -0.2) is 14.1 Å². The van der Waals surface area contributed by atoms with E-state index in [1.807, 2.05) is 6.07 Å². The summed E-state index contributed by atoms with van der Waals surface area (Å²) in [5, 5.41) is 4.47. The maximum Gasteiger partial charge on any atom is 0.527 e. The van der Waals surface area contributed by atoms with Gasteiger partial charge in [0.1, 0.15) is 41.5 Å². The number of nitrogen functional groups attached to an aromatic ring is 1. The third kappa shape index (κ3) is 2.99. The van der Waals surface area contributed by atoms with Gasteiger partial charge in [0.2, 0.25) is 0 Å². The molecule has 3 aromatic rings. The Morgan fingerprint density at radius 3 is 2.74 bits per heavy atom. The van der Waals surface area contributed by atoms with Crippen LogP contribution in [0.5, 0.6) is 5.75 Å². The van der Waals surface area contributed by atoms with E-state index < -0.39 is 43.1 Å². The van der Waals surface area contributed by atoms with Crippen LogP contribution in [0.2, 0.25) is 5.02 Å². The zero-order valence-electron chi connectivity index (χ0n) is 18.4. The van der Waals surface area contributed by atoms with E-state index >= 15 is 0 Å². The number of phosphoric ester groups is 1. The van der Waals surface area contributed by atoms with Gasteiger partial charge in [0.05, 0.1) is 10.7 Å². The van der Waals surface area contributed by atoms with Crippen molar-refractivity contribution in [3.63, 3.8) is 0 Å². The van der Waals surface area contributed by atoms with Crippen molar-refractivity contribution >= 4 is 30.8 Å². The monoisotopic (exact) mass is 508 g/mol. The maximum absolute atomic E-state index is 12.9. The molecule has 2 saturated heterocycles. The van der Waals surface area contributed by atoms with Crippen molar-refractivity contribution in [2.45, 2.75) is 56.1 Å². The number of para-hydroxylation sites is 1. The molecule has 6 atom stereocenters. The van der Waals surface area contributed by atoms with Gasteiger partial charge in [0, 0.05) is 0 Å². The van der Waals surface area contributed by atoms with Crippen LogP contribution in [-0.2, 0) is 23.3 Å². The number of benzene rings is 1. The highest BCUT2D eigenvalue weighted by Crippen LogP contribution is 2.74. The molecular formula is C21H22ClN4O7P. The number of aromatic nitrogens is 3. The lowest BCUT2D eigenvalue weighted by molar-refractivity contribution is -0.186. The van der Waals surface area contributed by atoms with Gasteiger partial charge >= 0.3 is 7.82 Å². The Bertz CT molecular complexity index is 1370. The third-order valence-corrected chi connectivity index (χ3v) is 7.79. The summed E-state index contributed by atoms with van der Waals surface area (Å²) in [6, 6.07) is 9.95. The minimum absolute atomic E-state index is 0.0275. The van der Waals surface area contributed by atoms with E-state index in [1.165, 1.54) is 12.4 Å². The molecule has 0 radical (unpaired) electrons. The summed E-state index contributed by atoms with van der Waals surface area (Å²) in [5.41, 5.74) is 5.04. The highest BCUT2D eigenvalue weighted by molar-refractivity contribution is 7.47. The first-order valence-corrected chi connectivity index (χ1v) is 12.4. The topological polar surface area (TPSA) is 140 Å². The summed E-state index contributed by atoms with van der Waals surface area (Å²) in [7, 11) is -4.60. The lowest BCUT2D eigenvalue weighted by atomic mass is 10.0. The summed E-state index contributed by atoms with van der Waals surface area (Å²) in [6.07, 6.45) is -0.847. The van der Waals surface area contributed by atoms with Gasteiger partial charge in [-0.3, -0.25) is 9.42 Å². The normalized spacial score (nSPS) is 35.0. The van der Waals surface area contributed by atoms with E-state index in [-0.39, 0.29) is 10.8 Å². The summed E-state index contributed by atoms with van der Waals surface area (Å²) < 4.78 is 44.3. The number of fused-ring (bicyclic) bond motifs is 1. The van der Waals surface area contributed by atoms with Crippen LogP contribution >= 0.6 is 19.4 Å². The molecule has 3 aliphatic rings. The summed E-state index contributed by atoms with van der Waals surface area (Å²) in [5.74, 6) is -0.635. The van der Waals surface area contributed by atoms with Crippen molar-refractivity contribution < 1.29 is 32.7 Å². The maximum atomic E-state index is 12.9. The molecule has 3 fully saturated rings. The lowest BCUT2D eigenvalue weighted by Gasteiger charge is -2.25. The molecule has 1 saturated carbocycles. The van der Waals surface area contributed by atoms with E-state index in [2.05, 4.69) is 10.1 Å². The lowest BCUT2D eigenvalue weighted by Crippen LogP contribution is -2.33. The second-order valence-corrected chi connectivity index (χ2v) is 10.9. The molecule has 6 rings (SSSR count). The highest BCUT2D eigenvalue weighted by Gasteiger charge is 2.92. The molecule has 4 heterocycles. The summed E-state index contributed by atoms with van der Waals surface area (Å²) in [4.78, 5) is 14.5. The van der Waals surface area contributed by atoms with Crippen LogP contribution < -0.4 is 10.3 Å². The van der Waals surface area contributed by atoms with Gasteiger partial charge in [0.25, 0.3) is 0 Å². The Labute approximate surface area is 199 Å². The van der Waals surface area contributed by atoms with Crippen molar-refractivity contribution in [2.75, 3.05) is 5.73 Å². The van der Waals surface area contributed by atoms with Crippen molar-refractivity contribution in [1.29, 1.82) is 0 Å². The van der Waals surface area contributed by atoms with Crippen LogP contribution in [0.3, 0.4) is 0 Å². The molecule has 34 heavy (non-hydrogen) atoms. The van der Waals surface area contributed by atoms with Gasteiger partial charge in [-0.1, -0.05) is 23.7 Å². The number of hydrogen-bond acceptors (Lipinski definition) is 9. The van der Waals surface area contributed by atoms with Crippen LogP contribution in [-0.4, -0.2) is 48.7 Å². The van der Waals surface area contributed by atoms with E-state index in [9.17, 15) is 9.46 Å². The number of nitrogens with two attached hydrogens (primary N) is 1. The molecule has 2 aromatic heterocycles. The zero-order chi connectivity index (χ0) is 24.1. The van der Waals surface area contributed by atoms with Gasteiger partial charge < -0.3 is 24.5 Å². The summed E-state index contributed by atoms with van der Waals surface area (Å²) >= 11 is 6.06. The Morgan fingerprint density at radius 2 is 1.97 bits per heavy atom. The van der Waals surface area contributed by atoms with E-state index in [0.717, 1.165) is 0 Å². The molecule has 11 nitrogen and oxygen atoms in total. The Balaban J connectivity index is 1.33. The van der Waals surface area contributed by atoms with Crippen LogP contribution in [0, 0.1) is 0 Å². The fraction of sp³-hybridized carbons (Fsp3) is 0.429. The van der Waals surface area contributed by atoms with Gasteiger partial charge in [-0.05, 0) is 45.0 Å². The third-order valence-electron chi connectivity index (χ3n) is 6.57. The zero-order valence-corrected chi connectivity index (χ0v) is 20.1. The predicted octanol–water partition coefficient (Wildman–Crippen LogP) is 3.26. The number of halogens is 1. The van der Waals surface area contributed by atoms with Crippen LogP contribution in [0.4, 0.5) is 5.82 Å². The molecule has 2 aliphatic heterocycles. The molecule has 1 aromatic carbocycles. The average molecular weight is 509 g/mol. The molecular weight excluding hydrogens is 487 g/mol. The quantitative estimate of drug-likeness (QED) is 0.493. The molecule has 2 unspecified atom stereocenters. The second kappa shape index (κ2) is 6.92. The molecule has 0 amide bonds. The van der Waals surface area contributed by atoms with Gasteiger partial charge in [-0.15, -0.1) is 0 Å². The predicted molar refractivity (Wildman–Crippen MR) is 119 cm³/mol. The number of nitrogens with zero attached hydrogens (tertiary/aromatic N) is 3. The van der Waals surface area contributed by atoms with Crippen molar-refractivity contribution in [3.05, 3.63) is 53.4 Å². The van der Waals surface area contributed by atoms with E-state index in [0.29, 0.717) is 17.0 Å². The van der Waals surface area contributed by atoms with Crippen molar-refractivity contribution in [3.8, 4) is 5.75 Å². The first-order chi connectivity index (χ1) is 16.0. The second-order valence-electron chi connectivity index (χ2n) is 9.16. The number of ether oxygens (including phenoxy) is 3. The SMILES string of the molecule is CC1(C)O[C@H]2[C@H](c3ccc4c(N)ncnn34)O[C@]3(C)C(OP(=O)(O)Oc4ccccc4Cl)[C@]23O1. The Hall–Kier alpha value is -2.24. The first-order valence-electron chi connectivity index (χ1n) is 10.6. The van der Waals surface area contributed by atoms with Gasteiger partial charge in [0.15, 0.2) is 17.2 Å².